The van der Waals surface area contributed by atoms with E-state index in [1.807, 2.05) is 30.3 Å². The lowest BCUT2D eigenvalue weighted by Gasteiger charge is -2.20. The van der Waals surface area contributed by atoms with Crippen LogP contribution in [0.1, 0.15) is 17.7 Å². The third-order valence-electron chi connectivity index (χ3n) is 4.72. The summed E-state index contributed by atoms with van der Waals surface area (Å²) in [6.07, 6.45) is 3.01. The lowest BCUT2D eigenvalue weighted by molar-refractivity contribution is 0.201. The maximum Gasteiger partial charge on any atom is 0.160 e. The second kappa shape index (κ2) is 5.06. The van der Waals surface area contributed by atoms with Crippen LogP contribution in [0.5, 0.6) is 5.75 Å². The van der Waals surface area contributed by atoms with E-state index in [2.05, 4.69) is 15.5 Å². The molecule has 0 radical (unpaired) electrons. The maximum absolute atomic E-state index is 5.87. The van der Waals surface area contributed by atoms with Gasteiger partial charge in [-0.2, -0.15) is 5.10 Å². The second-order valence-corrected chi connectivity index (χ2v) is 6.09. The highest BCUT2D eigenvalue weighted by atomic mass is 16.5. The smallest absolute Gasteiger partial charge is 0.160 e. The van der Waals surface area contributed by atoms with Gasteiger partial charge < -0.3 is 19.5 Å². The third kappa shape index (κ3) is 1.92. The molecular formula is C18H17N3O3. The average Bonchev–Trinajstić information content (AvgIpc) is 3.29. The van der Waals surface area contributed by atoms with Crippen LogP contribution in [0, 0.1) is 5.92 Å². The van der Waals surface area contributed by atoms with Gasteiger partial charge in [0.05, 0.1) is 25.0 Å². The Kier molecular flexibility index (Phi) is 2.85. The molecule has 2 aromatic rings. The molecular weight excluding hydrogens is 306 g/mol. The van der Waals surface area contributed by atoms with E-state index in [4.69, 9.17) is 14.2 Å². The number of aromatic nitrogens is 2. The van der Waals surface area contributed by atoms with Crippen molar-refractivity contribution < 1.29 is 14.2 Å². The zero-order valence-electron chi connectivity index (χ0n) is 13.3. The molecule has 1 fully saturated rings. The van der Waals surface area contributed by atoms with Gasteiger partial charge in [-0.3, -0.25) is 5.10 Å². The molecule has 1 saturated heterocycles. The molecule has 0 saturated carbocycles. The van der Waals surface area contributed by atoms with Crippen molar-refractivity contribution in [3.63, 3.8) is 0 Å². The van der Waals surface area contributed by atoms with Gasteiger partial charge in [-0.15, -0.1) is 0 Å². The van der Waals surface area contributed by atoms with E-state index in [0.717, 1.165) is 53.1 Å². The Morgan fingerprint density at radius 2 is 2.29 bits per heavy atom. The van der Waals surface area contributed by atoms with Gasteiger partial charge in [-0.1, -0.05) is 6.07 Å². The summed E-state index contributed by atoms with van der Waals surface area (Å²) in [5.41, 5.74) is 4.23. The van der Waals surface area contributed by atoms with Gasteiger partial charge in [0, 0.05) is 29.3 Å². The van der Waals surface area contributed by atoms with Crippen LogP contribution in [0.2, 0.25) is 0 Å². The first-order chi connectivity index (χ1) is 11.8. The summed E-state index contributed by atoms with van der Waals surface area (Å²) in [5.74, 6) is 3.83. The third-order valence-corrected chi connectivity index (χ3v) is 4.72. The van der Waals surface area contributed by atoms with E-state index in [1.54, 1.807) is 7.11 Å². The molecule has 1 aromatic carbocycles. The van der Waals surface area contributed by atoms with Crippen LogP contribution in [0.3, 0.4) is 0 Å². The molecule has 0 spiro atoms. The number of nitrogens with one attached hydrogen (secondary N) is 2. The molecule has 122 valence electrons. The number of H-pyrrole nitrogens is 1. The van der Waals surface area contributed by atoms with Crippen molar-refractivity contribution in [2.24, 2.45) is 5.92 Å². The molecule has 6 nitrogen and oxygen atoms in total. The predicted molar refractivity (Wildman–Crippen MR) is 88.7 cm³/mol. The molecule has 1 aliphatic carbocycles. The van der Waals surface area contributed by atoms with Crippen molar-refractivity contribution in [1.29, 1.82) is 0 Å². The second-order valence-electron chi connectivity index (χ2n) is 6.09. The number of hydrogen-bond acceptors (Lipinski definition) is 5. The lowest BCUT2D eigenvalue weighted by Crippen LogP contribution is -2.09. The molecule has 1 aromatic heterocycles. The summed E-state index contributed by atoms with van der Waals surface area (Å²) < 4.78 is 16.9. The summed E-state index contributed by atoms with van der Waals surface area (Å²) in [6.45, 7) is 1.26. The molecule has 3 heterocycles. The monoisotopic (exact) mass is 323 g/mol. The minimum absolute atomic E-state index is 0.280. The number of hydrogen-bond donors (Lipinski definition) is 2. The SMILES string of the molecule is COc1cccc(Nc2n[nH]c3c2C2=C(C=C4OCCC42)OC3)c1. The van der Waals surface area contributed by atoms with Crippen LogP contribution in [0.4, 0.5) is 11.5 Å². The average molecular weight is 323 g/mol. The standard InChI is InChI=1S/C18H17N3O3/c1-22-11-4-2-3-10(7-11)19-18-17-13(20-21-18)9-24-15-8-14-12(16(15)17)5-6-23-14/h2-4,7-8,12H,5-6,9H2,1H3,(H2,19,20,21). The largest absolute Gasteiger partial charge is 0.497 e. The predicted octanol–water partition coefficient (Wildman–Crippen LogP) is 3.34. The van der Waals surface area contributed by atoms with Crippen LogP contribution in [-0.4, -0.2) is 23.9 Å². The van der Waals surface area contributed by atoms with Crippen LogP contribution in [0.25, 0.3) is 5.57 Å². The van der Waals surface area contributed by atoms with Crippen LogP contribution >= 0.6 is 0 Å². The maximum atomic E-state index is 5.87. The quantitative estimate of drug-likeness (QED) is 0.907. The Labute approximate surface area is 139 Å². The first kappa shape index (κ1) is 13.5. The number of methoxy groups -OCH3 is 1. The Bertz CT molecular complexity index is 881. The molecule has 2 N–H and O–H groups in total. The fourth-order valence-corrected chi connectivity index (χ4v) is 3.61. The fraction of sp³-hybridized carbons (Fsp3) is 0.278. The molecule has 2 aliphatic heterocycles. The number of aromatic amines is 1. The lowest BCUT2D eigenvalue weighted by atomic mass is 9.91. The van der Waals surface area contributed by atoms with Crippen molar-refractivity contribution in [1.82, 2.24) is 10.2 Å². The summed E-state index contributed by atoms with van der Waals surface area (Å²) in [7, 11) is 1.66. The van der Waals surface area contributed by atoms with E-state index in [1.165, 1.54) is 5.57 Å². The van der Waals surface area contributed by atoms with E-state index >= 15 is 0 Å². The van der Waals surface area contributed by atoms with Gasteiger partial charge in [-0.25, -0.2) is 0 Å². The van der Waals surface area contributed by atoms with E-state index in [9.17, 15) is 0 Å². The van der Waals surface area contributed by atoms with E-state index < -0.39 is 0 Å². The van der Waals surface area contributed by atoms with Gasteiger partial charge in [0.1, 0.15) is 23.9 Å². The highest BCUT2D eigenvalue weighted by Crippen LogP contribution is 2.49. The van der Waals surface area contributed by atoms with Gasteiger partial charge in [0.15, 0.2) is 5.82 Å². The minimum atomic E-state index is 0.280. The van der Waals surface area contributed by atoms with Crippen molar-refractivity contribution >= 4 is 17.1 Å². The molecule has 1 unspecified atom stereocenters. The molecule has 0 amide bonds. The Hall–Kier alpha value is -2.89. The number of fused-ring (bicyclic) bond motifs is 4. The first-order valence-corrected chi connectivity index (χ1v) is 8.03. The number of nitrogens with zero attached hydrogens (tertiary/aromatic N) is 1. The number of allylic oxidation sites excluding steroid dienone is 2. The summed E-state index contributed by atoms with van der Waals surface area (Å²) in [5, 5.41) is 11.0. The van der Waals surface area contributed by atoms with Gasteiger partial charge >= 0.3 is 0 Å². The van der Waals surface area contributed by atoms with Crippen LogP contribution in [0.15, 0.2) is 41.9 Å². The van der Waals surface area contributed by atoms with Crippen LogP contribution in [-0.2, 0) is 16.1 Å². The Morgan fingerprint density at radius 1 is 1.33 bits per heavy atom. The molecule has 6 heteroatoms. The minimum Gasteiger partial charge on any atom is -0.497 e. The Morgan fingerprint density at radius 3 is 3.21 bits per heavy atom. The van der Waals surface area contributed by atoms with Gasteiger partial charge in [-0.05, 0) is 18.6 Å². The zero-order valence-corrected chi connectivity index (χ0v) is 13.3. The summed E-state index contributed by atoms with van der Waals surface area (Å²) in [6, 6.07) is 7.82. The summed E-state index contributed by atoms with van der Waals surface area (Å²) in [4.78, 5) is 0. The van der Waals surface area contributed by atoms with Crippen molar-refractivity contribution in [3.05, 3.63) is 53.1 Å². The number of benzene rings is 1. The topological polar surface area (TPSA) is 68.4 Å². The fourth-order valence-electron chi connectivity index (χ4n) is 3.61. The molecule has 1 atom stereocenters. The number of anilines is 2. The molecule has 3 aliphatic rings. The van der Waals surface area contributed by atoms with Crippen molar-refractivity contribution in [3.8, 4) is 5.75 Å². The van der Waals surface area contributed by atoms with E-state index in [-0.39, 0.29) is 5.92 Å². The normalized spacial score (nSPS) is 20.5. The highest BCUT2D eigenvalue weighted by molar-refractivity contribution is 5.86. The Balaban J connectivity index is 1.54. The molecule has 0 bridgehead atoms. The molecule has 24 heavy (non-hydrogen) atoms. The van der Waals surface area contributed by atoms with Crippen molar-refractivity contribution in [2.75, 3.05) is 19.0 Å². The number of rotatable bonds is 3. The van der Waals surface area contributed by atoms with Gasteiger partial charge in [0.25, 0.3) is 0 Å². The number of ether oxygens (including phenoxy) is 3. The van der Waals surface area contributed by atoms with Crippen molar-refractivity contribution in [2.45, 2.75) is 13.0 Å². The zero-order chi connectivity index (χ0) is 16.1. The first-order valence-electron chi connectivity index (χ1n) is 8.03. The van der Waals surface area contributed by atoms with Gasteiger partial charge in [0.2, 0.25) is 0 Å². The van der Waals surface area contributed by atoms with Crippen LogP contribution < -0.4 is 10.1 Å². The van der Waals surface area contributed by atoms with E-state index in [0.29, 0.717) is 6.61 Å². The molecule has 5 rings (SSSR count). The summed E-state index contributed by atoms with van der Waals surface area (Å²) >= 11 is 0. The highest BCUT2D eigenvalue weighted by Gasteiger charge is 2.40.